The van der Waals surface area contributed by atoms with Gasteiger partial charge in [-0.25, -0.2) is 0 Å². The molecule has 250 valence electrons. The van der Waals surface area contributed by atoms with Gasteiger partial charge in [0.1, 0.15) is 0 Å². The summed E-state index contributed by atoms with van der Waals surface area (Å²) in [7, 11) is 0. The van der Waals surface area contributed by atoms with Gasteiger partial charge in [0, 0.05) is 0 Å². The molecule has 8 rings (SSSR count). The van der Waals surface area contributed by atoms with Gasteiger partial charge in [-0.1, -0.05) is 0 Å². The summed E-state index contributed by atoms with van der Waals surface area (Å²) in [6.45, 7) is 13.9. The van der Waals surface area contributed by atoms with Crippen molar-refractivity contribution in [3.05, 3.63) is 157 Å². The summed E-state index contributed by atoms with van der Waals surface area (Å²) in [5.41, 5.74) is 8.12. The van der Waals surface area contributed by atoms with Crippen LogP contribution in [0.4, 0.5) is 0 Å². The second-order valence-electron chi connectivity index (χ2n) is 16.7. The first-order valence-electron chi connectivity index (χ1n) is 17.8. The third-order valence-electron chi connectivity index (χ3n) is 11.7. The zero-order valence-corrected chi connectivity index (χ0v) is 33.9. The van der Waals surface area contributed by atoms with Crippen LogP contribution in [0.25, 0.3) is 32.7 Å². The molecule has 0 bridgehead atoms. The molecule has 0 nitrogen and oxygen atoms in total. The average Bonchev–Trinajstić information content (AvgIpc) is 3.75. The molecule has 2 aliphatic rings. The van der Waals surface area contributed by atoms with Crippen LogP contribution >= 0.6 is 23.2 Å². The van der Waals surface area contributed by atoms with Gasteiger partial charge in [0.15, 0.2) is 0 Å². The zero-order valence-electron chi connectivity index (χ0n) is 29.9. The van der Waals surface area contributed by atoms with Gasteiger partial charge in [0.25, 0.3) is 0 Å². The second kappa shape index (κ2) is 11.6. The number of rotatable bonds is 4. The molecule has 0 fully saturated rings. The van der Waals surface area contributed by atoms with E-state index in [1.165, 1.54) is 57.2 Å². The van der Waals surface area contributed by atoms with Crippen molar-refractivity contribution in [1.82, 2.24) is 0 Å². The fourth-order valence-electron chi connectivity index (χ4n) is 8.94. The SMILES string of the molecule is [CH2]=[Zr]([C]1=CC=CC1)([c]1cc(C(C)(C)C)cc2c1Cc1ccc(C(C)(C)C)cc1-2)([c]1cc(Cl)cc2ccccc12)[c]1cc(Cl)cc2ccccc12. The maximum atomic E-state index is 7.22. The average molecular weight is 771 g/mol. The summed E-state index contributed by atoms with van der Waals surface area (Å²) < 4.78 is 11.2. The van der Waals surface area contributed by atoms with Crippen LogP contribution in [0.1, 0.15) is 70.2 Å². The van der Waals surface area contributed by atoms with Crippen molar-refractivity contribution in [2.24, 2.45) is 0 Å². The fraction of sp³-hybridized carbons (Fsp3) is 0.213. The Bertz CT molecular complexity index is 2440. The van der Waals surface area contributed by atoms with E-state index in [9.17, 15) is 0 Å². The van der Waals surface area contributed by atoms with Crippen LogP contribution in [-0.4, -0.2) is 4.21 Å². The molecule has 0 N–H and O–H groups in total. The molecule has 0 atom stereocenters. The van der Waals surface area contributed by atoms with Gasteiger partial charge >= 0.3 is 310 Å². The number of hydrogen-bond acceptors (Lipinski definition) is 0. The summed E-state index contributed by atoms with van der Waals surface area (Å²) in [6, 6.07) is 38.5. The topological polar surface area (TPSA) is 0 Å². The van der Waals surface area contributed by atoms with Crippen LogP contribution in [-0.2, 0) is 35.5 Å². The van der Waals surface area contributed by atoms with Crippen molar-refractivity contribution in [3.8, 4) is 11.1 Å². The first kappa shape index (κ1) is 33.8. The number of allylic oxidation sites excluding steroid dienone is 4. The molecule has 2 aliphatic carbocycles. The quantitative estimate of drug-likeness (QED) is 0.167. The maximum absolute atomic E-state index is 7.22. The van der Waals surface area contributed by atoms with Crippen LogP contribution < -0.4 is 9.81 Å². The Hall–Kier alpha value is -3.35. The second-order valence-corrected chi connectivity index (χ2v) is 30.3. The van der Waals surface area contributed by atoms with E-state index in [0.29, 0.717) is 0 Å². The van der Waals surface area contributed by atoms with E-state index in [-0.39, 0.29) is 10.8 Å². The Morgan fingerprint density at radius 3 is 1.70 bits per heavy atom. The van der Waals surface area contributed by atoms with E-state index in [1.807, 2.05) is 0 Å². The third-order valence-corrected chi connectivity index (χ3v) is 28.4. The molecule has 0 radical (unpaired) electrons. The van der Waals surface area contributed by atoms with Crippen molar-refractivity contribution in [3.63, 3.8) is 0 Å². The number of hydrogen-bond donors (Lipinski definition) is 0. The van der Waals surface area contributed by atoms with Gasteiger partial charge in [0.05, 0.1) is 0 Å². The van der Waals surface area contributed by atoms with Crippen LogP contribution in [0.2, 0.25) is 10.0 Å². The predicted molar refractivity (Wildman–Crippen MR) is 218 cm³/mol. The molecule has 0 saturated carbocycles. The minimum absolute atomic E-state index is 0.0402. The van der Waals surface area contributed by atoms with Crippen molar-refractivity contribution < 1.29 is 18.3 Å². The fourth-order valence-corrected chi connectivity index (χ4v) is 26.8. The van der Waals surface area contributed by atoms with Crippen molar-refractivity contribution in [2.45, 2.75) is 65.2 Å². The molecule has 0 spiro atoms. The van der Waals surface area contributed by atoms with Crippen LogP contribution in [0, 0.1) is 0 Å². The minimum atomic E-state index is -5.37. The zero-order chi connectivity index (χ0) is 35.2. The number of halogens is 2. The molecular formula is C47H44Cl2Zr. The summed E-state index contributed by atoms with van der Waals surface area (Å²) in [5, 5.41) is 6.19. The molecule has 0 saturated heterocycles. The molecule has 6 aromatic rings. The first-order chi connectivity index (χ1) is 23.7. The van der Waals surface area contributed by atoms with Gasteiger partial charge < -0.3 is 0 Å². The van der Waals surface area contributed by atoms with Crippen LogP contribution in [0.5, 0.6) is 0 Å². The van der Waals surface area contributed by atoms with Gasteiger partial charge in [-0.15, -0.1) is 0 Å². The molecule has 50 heavy (non-hydrogen) atoms. The van der Waals surface area contributed by atoms with E-state index >= 15 is 0 Å². The van der Waals surface area contributed by atoms with E-state index in [4.69, 9.17) is 27.4 Å². The summed E-state index contributed by atoms with van der Waals surface area (Å²) in [4.78, 5) is 0. The Kier molecular flexibility index (Phi) is 7.82. The summed E-state index contributed by atoms with van der Waals surface area (Å²) in [5.74, 6) is 0. The van der Waals surface area contributed by atoms with Gasteiger partial charge in [0.2, 0.25) is 0 Å². The Labute approximate surface area is 308 Å². The Morgan fingerprint density at radius 2 is 1.16 bits per heavy atom. The molecule has 3 heteroatoms. The molecule has 0 amide bonds. The van der Waals surface area contributed by atoms with E-state index < -0.39 is 18.3 Å². The standard InChI is InChI=1S/C21H25.2C10H6Cl.C5H5.CH2.Zr/c1-20(2,3)16-9-7-14-11-15-8-10-17(21(4,5)6)13-19(15)18(14)12-16;2*11-10-6-5-8-3-1-2-4-9(8)7-10;1-2-4-5-3-1;;/h7,9-10,12-13H,11H2,1-6H3;2*1-4,6-7H;1-3H,4H2;1H2;. The molecule has 0 heterocycles. The van der Waals surface area contributed by atoms with Crippen LogP contribution in [0.3, 0.4) is 0 Å². The number of benzene rings is 6. The Balaban J connectivity index is 1.66. The molecular weight excluding hydrogens is 727 g/mol. The first-order valence-corrected chi connectivity index (χ1v) is 25.2. The normalized spacial score (nSPS) is 14.7. The van der Waals surface area contributed by atoms with Gasteiger partial charge in [-0.3, -0.25) is 0 Å². The van der Waals surface area contributed by atoms with Crippen LogP contribution in [0.15, 0.2) is 125 Å². The van der Waals surface area contributed by atoms with Gasteiger partial charge in [-0.2, -0.15) is 0 Å². The summed E-state index contributed by atoms with van der Waals surface area (Å²) >= 11 is 9.07. The monoisotopic (exact) mass is 768 g/mol. The molecule has 0 unspecified atom stereocenters. The molecule has 0 aromatic heterocycles. The van der Waals surface area contributed by atoms with Crippen molar-refractivity contribution >= 4 is 58.8 Å². The van der Waals surface area contributed by atoms with Gasteiger partial charge in [-0.05, 0) is 0 Å². The Morgan fingerprint density at radius 1 is 0.600 bits per heavy atom. The predicted octanol–water partition coefficient (Wildman–Crippen LogP) is 11.7. The molecule has 6 aromatic carbocycles. The van der Waals surface area contributed by atoms with E-state index in [0.717, 1.165) is 33.7 Å². The van der Waals surface area contributed by atoms with E-state index in [2.05, 4.69) is 163 Å². The van der Waals surface area contributed by atoms with E-state index in [1.54, 1.807) is 0 Å². The molecule has 0 aliphatic heterocycles. The van der Waals surface area contributed by atoms with Crippen molar-refractivity contribution in [2.75, 3.05) is 0 Å². The number of fused-ring (bicyclic) bond motifs is 5. The van der Waals surface area contributed by atoms with Crippen molar-refractivity contribution in [1.29, 1.82) is 0 Å². The third kappa shape index (κ3) is 4.98. The summed E-state index contributed by atoms with van der Waals surface area (Å²) in [6.07, 6.45) is 8.65.